The molecule has 0 radical (unpaired) electrons. The van der Waals surface area contributed by atoms with E-state index in [1.807, 2.05) is 70.9 Å². The molecule has 0 saturated carbocycles. The zero-order valence-electron chi connectivity index (χ0n) is 9.60. The highest BCUT2D eigenvalue weighted by molar-refractivity contribution is 5.85. The number of nitrogens with one attached hydrogen (secondary N) is 1. The van der Waals surface area contributed by atoms with Crippen LogP contribution in [0.25, 0.3) is 0 Å². The zero-order valence-corrected chi connectivity index (χ0v) is 10.4. The molecule has 2 aromatic carbocycles. The summed E-state index contributed by atoms with van der Waals surface area (Å²) in [4.78, 5) is 0. The summed E-state index contributed by atoms with van der Waals surface area (Å²) in [7, 11) is 0. The molecule has 0 amide bonds. The molecule has 0 bridgehead atoms. The van der Waals surface area contributed by atoms with Crippen LogP contribution in [0, 0.1) is 0 Å². The van der Waals surface area contributed by atoms with Gasteiger partial charge in [0.2, 0.25) is 0 Å². The molecule has 1 aliphatic heterocycles. The summed E-state index contributed by atoms with van der Waals surface area (Å²) in [5, 5.41) is 7.99. The van der Waals surface area contributed by atoms with E-state index in [0.717, 1.165) is 11.4 Å². The molecule has 1 heterocycles. The van der Waals surface area contributed by atoms with E-state index in [-0.39, 0.29) is 12.4 Å². The molecule has 0 atom stereocenters. The average Bonchev–Trinajstić information content (AvgIpc) is 2.90. The van der Waals surface area contributed by atoms with Gasteiger partial charge in [-0.1, -0.05) is 36.4 Å². The number of hydrazine groups is 2. The van der Waals surface area contributed by atoms with Gasteiger partial charge in [0.15, 0.2) is 0 Å². The van der Waals surface area contributed by atoms with Crippen LogP contribution in [0.4, 0.5) is 11.4 Å². The smallest absolute Gasteiger partial charge is 0.131 e. The number of rotatable bonds is 2. The van der Waals surface area contributed by atoms with Gasteiger partial charge in [0.1, 0.15) is 6.34 Å². The van der Waals surface area contributed by atoms with Crippen LogP contribution < -0.4 is 15.7 Å². The van der Waals surface area contributed by atoms with Gasteiger partial charge in [0, 0.05) is 0 Å². The Morgan fingerprint density at radius 1 is 0.778 bits per heavy atom. The number of anilines is 2. The Balaban J connectivity index is 0.00000120. The third-order valence-electron chi connectivity index (χ3n) is 2.52. The molecule has 0 fully saturated rings. The van der Waals surface area contributed by atoms with Crippen LogP contribution in [0.3, 0.4) is 0 Å². The van der Waals surface area contributed by atoms with Gasteiger partial charge in [-0.25, -0.2) is 0 Å². The van der Waals surface area contributed by atoms with Crippen molar-refractivity contribution < 1.29 is 0 Å². The lowest BCUT2D eigenvalue weighted by molar-refractivity contribution is 0.773. The van der Waals surface area contributed by atoms with Gasteiger partial charge < -0.3 is 0 Å². The Morgan fingerprint density at radius 3 is 1.94 bits per heavy atom. The van der Waals surface area contributed by atoms with Gasteiger partial charge in [-0.15, -0.1) is 17.5 Å². The Morgan fingerprint density at radius 2 is 1.33 bits per heavy atom. The second-order valence-electron chi connectivity index (χ2n) is 3.65. The van der Waals surface area contributed by atoms with E-state index in [1.54, 1.807) is 6.34 Å². The molecule has 0 spiro atoms. The second kappa shape index (κ2) is 5.42. The number of para-hydroxylation sites is 2. The first-order valence-electron chi connectivity index (χ1n) is 5.44. The van der Waals surface area contributed by atoms with Crippen molar-refractivity contribution in [1.29, 1.82) is 0 Å². The van der Waals surface area contributed by atoms with E-state index in [1.165, 1.54) is 0 Å². The van der Waals surface area contributed by atoms with Crippen molar-refractivity contribution in [3.8, 4) is 0 Å². The lowest BCUT2D eigenvalue weighted by Gasteiger charge is -2.27. The minimum absolute atomic E-state index is 0. The number of hydrogen-bond donors (Lipinski definition) is 1. The van der Waals surface area contributed by atoms with Gasteiger partial charge in [-0.2, -0.15) is 10.2 Å². The number of nitrogens with zero attached hydrogens (tertiary/aromatic N) is 3. The first kappa shape index (κ1) is 12.3. The summed E-state index contributed by atoms with van der Waals surface area (Å²) in [5.41, 5.74) is 5.14. The minimum Gasteiger partial charge on any atom is -0.265 e. The fraction of sp³-hybridized carbons (Fsp3) is 0. The summed E-state index contributed by atoms with van der Waals surface area (Å²) in [6.07, 6.45) is 1.67. The standard InChI is InChI=1S/C13H12N4.ClH/c1-3-7-12(8-4-1)16-14-11-15-17(16)13-9-5-2-6-10-13;/h1-11H,(H,14,15);1H. The van der Waals surface area contributed by atoms with Gasteiger partial charge in [-0.05, 0) is 24.3 Å². The molecule has 3 rings (SSSR count). The predicted octanol–water partition coefficient (Wildman–Crippen LogP) is 2.80. The topological polar surface area (TPSA) is 30.9 Å². The number of benzene rings is 2. The number of hydrazone groups is 1. The predicted molar refractivity (Wildman–Crippen MR) is 76.7 cm³/mol. The zero-order chi connectivity index (χ0) is 11.5. The maximum Gasteiger partial charge on any atom is 0.131 e. The quantitative estimate of drug-likeness (QED) is 0.901. The Kier molecular flexibility index (Phi) is 3.69. The van der Waals surface area contributed by atoms with Crippen LogP contribution in [0.1, 0.15) is 0 Å². The van der Waals surface area contributed by atoms with E-state index in [0.29, 0.717) is 0 Å². The van der Waals surface area contributed by atoms with Gasteiger partial charge >= 0.3 is 0 Å². The van der Waals surface area contributed by atoms with Gasteiger partial charge in [0.25, 0.3) is 0 Å². The van der Waals surface area contributed by atoms with Gasteiger partial charge in [-0.3, -0.25) is 5.43 Å². The second-order valence-corrected chi connectivity index (χ2v) is 3.65. The monoisotopic (exact) mass is 260 g/mol. The molecule has 18 heavy (non-hydrogen) atoms. The van der Waals surface area contributed by atoms with Crippen molar-refractivity contribution in [3.05, 3.63) is 60.7 Å². The maximum atomic E-state index is 4.29. The van der Waals surface area contributed by atoms with Crippen molar-refractivity contribution in [2.24, 2.45) is 5.10 Å². The molecule has 0 saturated heterocycles. The van der Waals surface area contributed by atoms with Crippen molar-refractivity contribution >= 4 is 30.1 Å². The SMILES string of the molecule is C1=NN(c2ccccc2)N(c2ccccc2)N1.Cl. The molecule has 5 heteroatoms. The lowest BCUT2D eigenvalue weighted by atomic mass is 10.3. The van der Waals surface area contributed by atoms with E-state index >= 15 is 0 Å². The fourth-order valence-corrected chi connectivity index (χ4v) is 1.74. The highest BCUT2D eigenvalue weighted by Crippen LogP contribution is 2.22. The Labute approximate surface area is 112 Å². The van der Waals surface area contributed by atoms with Crippen molar-refractivity contribution in [2.75, 3.05) is 10.2 Å². The summed E-state index contributed by atoms with van der Waals surface area (Å²) in [6, 6.07) is 20.0. The molecule has 2 aromatic rings. The van der Waals surface area contributed by atoms with E-state index in [2.05, 4.69) is 10.5 Å². The Hall–Kier alpha value is -2.20. The van der Waals surface area contributed by atoms with Crippen molar-refractivity contribution in [3.63, 3.8) is 0 Å². The molecule has 1 aliphatic rings. The highest BCUT2D eigenvalue weighted by atomic mass is 35.5. The van der Waals surface area contributed by atoms with Crippen LogP contribution in [0.2, 0.25) is 0 Å². The van der Waals surface area contributed by atoms with Crippen LogP contribution >= 0.6 is 12.4 Å². The maximum absolute atomic E-state index is 4.29. The Bertz CT molecular complexity index is 515. The minimum atomic E-state index is 0. The van der Waals surface area contributed by atoms with Crippen LogP contribution in [-0.4, -0.2) is 6.34 Å². The molecule has 0 unspecified atom stereocenters. The summed E-state index contributed by atoms with van der Waals surface area (Å²) < 4.78 is 0. The summed E-state index contributed by atoms with van der Waals surface area (Å²) >= 11 is 0. The lowest BCUT2D eigenvalue weighted by Crippen LogP contribution is -2.42. The molecule has 4 nitrogen and oxygen atoms in total. The third kappa shape index (κ3) is 2.24. The molecule has 92 valence electrons. The number of halogens is 1. The molecule has 0 aromatic heterocycles. The van der Waals surface area contributed by atoms with Crippen molar-refractivity contribution in [1.82, 2.24) is 5.43 Å². The number of hydrogen-bond acceptors (Lipinski definition) is 4. The molecule has 0 aliphatic carbocycles. The van der Waals surface area contributed by atoms with E-state index < -0.39 is 0 Å². The normalized spacial score (nSPS) is 13.1. The first-order chi connectivity index (χ1) is 8.45. The average molecular weight is 261 g/mol. The van der Waals surface area contributed by atoms with E-state index in [4.69, 9.17) is 0 Å². The highest BCUT2D eigenvalue weighted by Gasteiger charge is 2.19. The van der Waals surface area contributed by atoms with Crippen LogP contribution in [0.15, 0.2) is 65.8 Å². The summed E-state index contributed by atoms with van der Waals surface area (Å²) in [6.45, 7) is 0. The van der Waals surface area contributed by atoms with E-state index in [9.17, 15) is 0 Å². The van der Waals surface area contributed by atoms with Crippen LogP contribution in [-0.2, 0) is 0 Å². The molecule has 1 N–H and O–H groups in total. The molecular weight excluding hydrogens is 248 g/mol. The largest absolute Gasteiger partial charge is 0.265 e. The van der Waals surface area contributed by atoms with Gasteiger partial charge in [0.05, 0.1) is 11.4 Å². The fourth-order valence-electron chi connectivity index (χ4n) is 1.74. The third-order valence-corrected chi connectivity index (χ3v) is 2.52. The molecular formula is C13H13ClN4. The summed E-state index contributed by atoms with van der Waals surface area (Å²) in [5.74, 6) is 0. The van der Waals surface area contributed by atoms with Crippen LogP contribution in [0.5, 0.6) is 0 Å². The van der Waals surface area contributed by atoms with Crippen molar-refractivity contribution in [2.45, 2.75) is 0 Å². The first-order valence-corrected chi connectivity index (χ1v) is 5.44.